The molecule has 1 aromatic rings. The van der Waals surface area contributed by atoms with Crippen molar-refractivity contribution >= 4 is 10.0 Å². The molecule has 0 aliphatic heterocycles. The number of rotatable bonds is 7. The highest BCUT2D eigenvalue weighted by atomic mass is 32.2. The van der Waals surface area contributed by atoms with Gasteiger partial charge in [0.1, 0.15) is 11.6 Å². The minimum Gasteiger partial charge on any atom is -0.311 e. The summed E-state index contributed by atoms with van der Waals surface area (Å²) in [6, 6.07) is 0.498. The molecular weight excluding hydrogens is 276 g/mol. The lowest BCUT2D eigenvalue weighted by Gasteiger charge is -2.17. The van der Waals surface area contributed by atoms with Crippen molar-refractivity contribution in [2.24, 2.45) is 0 Å². The highest BCUT2D eigenvalue weighted by Crippen LogP contribution is 2.44. The summed E-state index contributed by atoms with van der Waals surface area (Å²) in [5.41, 5.74) is 0. The molecule has 0 bridgehead atoms. The lowest BCUT2D eigenvalue weighted by Crippen LogP contribution is -2.30. The van der Waals surface area contributed by atoms with Gasteiger partial charge in [0.15, 0.2) is 0 Å². The van der Waals surface area contributed by atoms with Gasteiger partial charge in [-0.25, -0.2) is 8.42 Å². The molecule has 6 nitrogen and oxygen atoms in total. The Hall–Kier alpha value is -0.950. The van der Waals surface area contributed by atoms with E-state index in [-0.39, 0.29) is 5.75 Å². The third kappa shape index (κ3) is 2.74. The second-order valence-corrected chi connectivity index (χ2v) is 8.12. The molecule has 2 fully saturated rings. The van der Waals surface area contributed by atoms with Crippen LogP contribution in [-0.2, 0) is 16.6 Å². The van der Waals surface area contributed by atoms with E-state index in [2.05, 4.69) is 14.8 Å². The topological polar surface area (TPSA) is 68.1 Å². The third-order valence-corrected chi connectivity index (χ3v) is 5.95. The van der Waals surface area contributed by atoms with Crippen LogP contribution < -0.4 is 0 Å². The van der Waals surface area contributed by atoms with Crippen molar-refractivity contribution in [3.05, 3.63) is 11.6 Å². The van der Waals surface area contributed by atoms with Crippen LogP contribution >= 0.6 is 0 Å². The van der Waals surface area contributed by atoms with Gasteiger partial charge in [-0.2, -0.15) is 4.31 Å². The zero-order chi connectivity index (χ0) is 14.3. The predicted molar refractivity (Wildman–Crippen MR) is 75.8 cm³/mol. The van der Waals surface area contributed by atoms with Crippen LogP contribution in [0.1, 0.15) is 62.6 Å². The first-order chi connectivity index (χ1) is 9.53. The van der Waals surface area contributed by atoms with E-state index in [9.17, 15) is 8.42 Å². The second kappa shape index (κ2) is 5.11. The molecule has 3 rings (SSSR count). The maximum atomic E-state index is 12.1. The smallest absolute Gasteiger partial charge is 0.214 e. The number of sulfonamides is 1. The average molecular weight is 298 g/mol. The SMILES string of the molecule is CCCS(=O)(=O)N(C)Cc1nnc(C2CC2)n1C1CC1. The maximum Gasteiger partial charge on any atom is 0.214 e. The van der Waals surface area contributed by atoms with Crippen LogP contribution in [0.2, 0.25) is 0 Å². The molecule has 0 spiro atoms. The van der Waals surface area contributed by atoms with E-state index in [1.165, 1.54) is 17.1 Å². The average Bonchev–Trinajstić information content (AvgIpc) is 3.29. The summed E-state index contributed by atoms with van der Waals surface area (Å²) < 4.78 is 27.7. The molecule has 112 valence electrons. The van der Waals surface area contributed by atoms with Gasteiger partial charge in [-0.1, -0.05) is 6.92 Å². The van der Waals surface area contributed by atoms with Crippen LogP contribution in [0.15, 0.2) is 0 Å². The van der Waals surface area contributed by atoms with E-state index in [4.69, 9.17) is 0 Å². The van der Waals surface area contributed by atoms with Gasteiger partial charge < -0.3 is 4.57 Å². The molecule has 0 N–H and O–H groups in total. The summed E-state index contributed by atoms with van der Waals surface area (Å²) in [4.78, 5) is 0. The molecule has 0 aromatic carbocycles. The standard InChI is InChI=1S/C13H22N4O2S/c1-3-8-20(18,19)16(2)9-12-14-15-13(10-4-5-10)17(12)11-6-7-11/h10-11H,3-9H2,1-2H3. The Balaban J connectivity index is 1.80. The fourth-order valence-corrected chi connectivity index (χ4v) is 3.65. The van der Waals surface area contributed by atoms with Gasteiger partial charge in [0.2, 0.25) is 10.0 Å². The molecule has 2 aliphatic carbocycles. The highest BCUT2D eigenvalue weighted by molar-refractivity contribution is 7.89. The van der Waals surface area contributed by atoms with E-state index in [0.29, 0.717) is 24.9 Å². The molecule has 20 heavy (non-hydrogen) atoms. The summed E-state index contributed by atoms with van der Waals surface area (Å²) in [6.07, 6.45) is 5.34. The van der Waals surface area contributed by atoms with Crippen LogP contribution in [0.3, 0.4) is 0 Å². The molecule has 0 amide bonds. The first-order valence-corrected chi connectivity index (χ1v) is 9.01. The molecule has 0 unspecified atom stereocenters. The molecule has 0 saturated heterocycles. The van der Waals surface area contributed by atoms with E-state index in [1.807, 2.05) is 6.92 Å². The van der Waals surface area contributed by atoms with Crippen molar-refractivity contribution in [2.45, 2.75) is 57.5 Å². The molecule has 7 heteroatoms. The number of hydrogen-bond acceptors (Lipinski definition) is 4. The number of aromatic nitrogens is 3. The Kier molecular flexibility index (Phi) is 3.58. The van der Waals surface area contributed by atoms with Crippen molar-refractivity contribution in [2.75, 3.05) is 12.8 Å². The minimum atomic E-state index is -3.17. The minimum absolute atomic E-state index is 0.191. The van der Waals surface area contributed by atoms with Gasteiger partial charge in [0, 0.05) is 19.0 Å². The largest absolute Gasteiger partial charge is 0.311 e. The molecule has 1 aromatic heterocycles. The van der Waals surface area contributed by atoms with Crippen LogP contribution in [-0.4, -0.2) is 40.3 Å². The van der Waals surface area contributed by atoms with Crippen LogP contribution in [0.25, 0.3) is 0 Å². The van der Waals surface area contributed by atoms with Gasteiger partial charge in [0.25, 0.3) is 0 Å². The fourth-order valence-electron chi connectivity index (χ4n) is 2.51. The van der Waals surface area contributed by atoms with Crippen LogP contribution in [0.5, 0.6) is 0 Å². The Bertz CT molecular complexity index is 588. The summed E-state index contributed by atoms with van der Waals surface area (Å²) >= 11 is 0. The van der Waals surface area contributed by atoms with Crippen LogP contribution in [0, 0.1) is 0 Å². The summed E-state index contributed by atoms with van der Waals surface area (Å²) in [6.45, 7) is 2.21. The lowest BCUT2D eigenvalue weighted by molar-refractivity contribution is 0.444. The zero-order valence-electron chi connectivity index (χ0n) is 12.1. The van der Waals surface area contributed by atoms with Gasteiger partial charge in [0.05, 0.1) is 12.3 Å². The van der Waals surface area contributed by atoms with Gasteiger partial charge in [-0.15, -0.1) is 10.2 Å². The maximum absolute atomic E-state index is 12.1. The van der Waals surface area contributed by atoms with Crippen molar-refractivity contribution in [3.63, 3.8) is 0 Å². The van der Waals surface area contributed by atoms with Gasteiger partial charge >= 0.3 is 0 Å². The summed E-state index contributed by atoms with van der Waals surface area (Å²) in [5, 5.41) is 8.57. The highest BCUT2D eigenvalue weighted by Gasteiger charge is 2.36. The van der Waals surface area contributed by atoms with Crippen molar-refractivity contribution in [1.82, 2.24) is 19.1 Å². The van der Waals surface area contributed by atoms with Crippen molar-refractivity contribution < 1.29 is 8.42 Å². The Morgan fingerprint density at radius 2 is 1.95 bits per heavy atom. The quantitative estimate of drug-likeness (QED) is 0.768. The normalized spacial score (nSPS) is 19.8. The first kappa shape index (κ1) is 14.0. The van der Waals surface area contributed by atoms with E-state index >= 15 is 0 Å². The second-order valence-electron chi connectivity index (χ2n) is 5.92. The summed E-state index contributed by atoms with van der Waals surface area (Å²) in [5.74, 6) is 2.62. The van der Waals surface area contributed by atoms with Crippen LogP contribution in [0.4, 0.5) is 0 Å². The van der Waals surface area contributed by atoms with Gasteiger partial charge in [-0.3, -0.25) is 0 Å². The number of hydrogen-bond donors (Lipinski definition) is 0. The lowest BCUT2D eigenvalue weighted by atomic mass is 10.4. The molecule has 0 atom stereocenters. The Morgan fingerprint density at radius 3 is 2.50 bits per heavy atom. The van der Waals surface area contributed by atoms with E-state index in [0.717, 1.165) is 24.5 Å². The van der Waals surface area contributed by atoms with Gasteiger partial charge in [-0.05, 0) is 32.1 Å². The summed E-state index contributed by atoms with van der Waals surface area (Å²) in [7, 11) is -1.54. The third-order valence-electron chi connectivity index (χ3n) is 3.95. The van der Waals surface area contributed by atoms with Crippen molar-refractivity contribution in [1.29, 1.82) is 0 Å². The molecule has 0 radical (unpaired) electrons. The monoisotopic (exact) mass is 298 g/mol. The van der Waals surface area contributed by atoms with E-state index in [1.54, 1.807) is 7.05 Å². The zero-order valence-corrected chi connectivity index (χ0v) is 12.9. The van der Waals surface area contributed by atoms with Crippen molar-refractivity contribution in [3.8, 4) is 0 Å². The fraction of sp³-hybridized carbons (Fsp3) is 0.846. The van der Waals surface area contributed by atoms with E-state index < -0.39 is 10.0 Å². The predicted octanol–water partition coefficient (Wildman–Crippen LogP) is 1.66. The first-order valence-electron chi connectivity index (χ1n) is 7.40. The molecular formula is C13H22N4O2S. The molecule has 1 heterocycles. The Morgan fingerprint density at radius 1 is 1.25 bits per heavy atom. The molecule has 2 saturated carbocycles. The molecule has 2 aliphatic rings. The number of nitrogens with zero attached hydrogens (tertiary/aromatic N) is 4. The Labute approximate surface area is 120 Å².